The molecule has 0 spiro atoms. The molecule has 0 N–H and O–H groups in total. The zero-order valence-electron chi connectivity index (χ0n) is 17.8. The molecule has 0 saturated heterocycles. The molecule has 31 heavy (non-hydrogen) atoms. The fraction of sp³-hybridized carbons (Fsp3) is 0.0968. The summed E-state index contributed by atoms with van der Waals surface area (Å²) < 4.78 is 0. The molecule has 4 aromatic carbocycles. The van der Waals surface area contributed by atoms with Crippen LogP contribution in [0.15, 0.2) is 110 Å². The molecule has 0 amide bonds. The maximum absolute atomic E-state index is 4.11. The van der Waals surface area contributed by atoms with Gasteiger partial charge in [-0.3, -0.25) is 0 Å². The molecule has 0 heterocycles. The van der Waals surface area contributed by atoms with Crippen LogP contribution in [0.25, 0.3) is 33.4 Å². The second kappa shape index (κ2) is 8.24. The Balaban J connectivity index is 1.97. The molecule has 0 heteroatoms. The molecule has 1 aliphatic carbocycles. The number of rotatable bonds is 6. The summed E-state index contributed by atoms with van der Waals surface area (Å²) in [7, 11) is 0. The molecule has 0 radical (unpaired) electrons. The zero-order valence-corrected chi connectivity index (χ0v) is 17.8. The lowest BCUT2D eigenvalue weighted by molar-refractivity contribution is 1.15. The van der Waals surface area contributed by atoms with Gasteiger partial charge in [0.05, 0.1) is 0 Å². The summed E-state index contributed by atoms with van der Waals surface area (Å²) in [5.74, 6) is 0. The lowest BCUT2D eigenvalue weighted by atomic mass is 9.79. The summed E-state index contributed by atoms with van der Waals surface area (Å²) in [4.78, 5) is 0. The van der Waals surface area contributed by atoms with Crippen molar-refractivity contribution in [2.75, 3.05) is 0 Å². The Kier molecular flexibility index (Phi) is 5.14. The number of hydrogen-bond acceptors (Lipinski definition) is 0. The monoisotopic (exact) mass is 398 g/mol. The van der Waals surface area contributed by atoms with Gasteiger partial charge in [-0.15, -0.1) is 13.2 Å². The highest BCUT2D eigenvalue weighted by Gasteiger charge is 2.29. The van der Waals surface area contributed by atoms with Gasteiger partial charge in [0.2, 0.25) is 0 Å². The molecule has 0 atom stereocenters. The minimum atomic E-state index is 0.836. The maximum atomic E-state index is 4.11. The molecular formula is C31H26. The van der Waals surface area contributed by atoms with E-state index in [-0.39, 0.29) is 0 Å². The van der Waals surface area contributed by atoms with E-state index in [9.17, 15) is 0 Å². The molecule has 150 valence electrons. The van der Waals surface area contributed by atoms with Gasteiger partial charge in [0.15, 0.2) is 0 Å². The Morgan fingerprint density at radius 3 is 1.71 bits per heavy atom. The minimum absolute atomic E-state index is 0.836. The summed E-state index contributed by atoms with van der Waals surface area (Å²) in [6.07, 6.45) is 6.74. The van der Waals surface area contributed by atoms with Crippen LogP contribution in [-0.2, 0) is 19.3 Å². The Morgan fingerprint density at radius 1 is 0.581 bits per heavy atom. The van der Waals surface area contributed by atoms with Gasteiger partial charge in [-0.05, 0) is 74.9 Å². The third kappa shape index (κ3) is 3.25. The van der Waals surface area contributed by atoms with E-state index in [0.29, 0.717) is 0 Å². The SMILES string of the molecule is C=CCc1c(CC=C)c(-c2ccccc2)c(-c2ccccc2)c2c1-c1ccccc1C2. The molecule has 0 aromatic heterocycles. The van der Waals surface area contributed by atoms with Crippen molar-refractivity contribution < 1.29 is 0 Å². The van der Waals surface area contributed by atoms with Gasteiger partial charge in [0.1, 0.15) is 0 Å². The molecule has 0 nitrogen and oxygen atoms in total. The molecule has 0 saturated carbocycles. The van der Waals surface area contributed by atoms with Gasteiger partial charge >= 0.3 is 0 Å². The second-order valence-corrected chi connectivity index (χ2v) is 8.11. The predicted molar refractivity (Wildman–Crippen MR) is 133 cm³/mol. The topological polar surface area (TPSA) is 0 Å². The first-order chi connectivity index (χ1) is 15.3. The standard InChI is InChI=1S/C31H26/c1-3-13-26-27(14-4-2)31-25-20-12-11-19-24(25)21-28(31)30(23-17-9-6-10-18-23)29(26)22-15-7-5-8-16-22/h3-12,15-20H,1-2,13-14,21H2. The van der Waals surface area contributed by atoms with E-state index in [1.54, 1.807) is 0 Å². The van der Waals surface area contributed by atoms with Crippen molar-refractivity contribution in [1.82, 2.24) is 0 Å². The van der Waals surface area contributed by atoms with Gasteiger partial charge in [0.25, 0.3) is 0 Å². The molecular weight excluding hydrogens is 372 g/mol. The first-order valence-electron chi connectivity index (χ1n) is 10.9. The van der Waals surface area contributed by atoms with Crippen molar-refractivity contribution in [2.45, 2.75) is 19.3 Å². The number of allylic oxidation sites excluding steroid dienone is 2. The molecule has 0 fully saturated rings. The Labute approximate surface area is 185 Å². The van der Waals surface area contributed by atoms with E-state index in [4.69, 9.17) is 0 Å². The highest BCUT2D eigenvalue weighted by Crippen LogP contribution is 2.50. The van der Waals surface area contributed by atoms with E-state index < -0.39 is 0 Å². The van der Waals surface area contributed by atoms with Gasteiger partial charge in [0, 0.05) is 0 Å². The van der Waals surface area contributed by atoms with Crippen molar-refractivity contribution in [2.24, 2.45) is 0 Å². The number of benzene rings is 4. The van der Waals surface area contributed by atoms with Gasteiger partial charge in [-0.1, -0.05) is 97.1 Å². The highest BCUT2D eigenvalue weighted by molar-refractivity contribution is 5.97. The van der Waals surface area contributed by atoms with Crippen LogP contribution in [0.3, 0.4) is 0 Å². The van der Waals surface area contributed by atoms with Crippen molar-refractivity contribution in [3.05, 3.63) is 132 Å². The van der Waals surface area contributed by atoms with E-state index in [2.05, 4.69) is 98.1 Å². The van der Waals surface area contributed by atoms with Crippen LogP contribution in [0.4, 0.5) is 0 Å². The van der Waals surface area contributed by atoms with Crippen molar-refractivity contribution in [3.63, 3.8) is 0 Å². The lowest BCUT2D eigenvalue weighted by Gasteiger charge is -2.24. The minimum Gasteiger partial charge on any atom is -0.103 e. The second-order valence-electron chi connectivity index (χ2n) is 8.11. The van der Waals surface area contributed by atoms with Crippen LogP contribution in [0.5, 0.6) is 0 Å². The quantitative estimate of drug-likeness (QED) is 0.254. The summed E-state index contributed by atoms with van der Waals surface area (Å²) in [6, 6.07) is 30.6. The number of hydrogen-bond donors (Lipinski definition) is 0. The predicted octanol–water partition coefficient (Wildman–Crippen LogP) is 8.05. The molecule has 0 bridgehead atoms. The molecule has 0 unspecified atom stereocenters. The Bertz CT molecular complexity index is 1260. The van der Waals surface area contributed by atoms with Crippen LogP contribution >= 0.6 is 0 Å². The van der Waals surface area contributed by atoms with Crippen molar-refractivity contribution >= 4 is 0 Å². The number of fused-ring (bicyclic) bond motifs is 3. The average Bonchev–Trinajstić information content (AvgIpc) is 3.20. The first kappa shape index (κ1) is 19.3. The van der Waals surface area contributed by atoms with Crippen LogP contribution in [0.2, 0.25) is 0 Å². The summed E-state index contributed by atoms with van der Waals surface area (Å²) in [5.41, 5.74) is 13.7. The summed E-state index contributed by atoms with van der Waals surface area (Å²) in [5, 5.41) is 0. The largest absolute Gasteiger partial charge is 0.103 e. The Morgan fingerprint density at radius 2 is 1.10 bits per heavy atom. The first-order valence-corrected chi connectivity index (χ1v) is 10.9. The lowest BCUT2D eigenvalue weighted by Crippen LogP contribution is -2.04. The smallest absolute Gasteiger partial charge is 0.000695 e. The van der Waals surface area contributed by atoms with Crippen LogP contribution in [0.1, 0.15) is 22.3 Å². The fourth-order valence-corrected chi connectivity index (χ4v) is 5.11. The molecule has 1 aliphatic rings. The fourth-order valence-electron chi connectivity index (χ4n) is 5.11. The normalized spacial score (nSPS) is 11.6. The van der Waals surface area contributed by atoms with E-state index in [0.717, 1.165) is 19.3 Å². The van der Waals surface area contributed by atoms with Gasteiger partial charge < -0.3 is 0 Å². The summed E-state index contributed by atoms with van der Waals surface area (Å²) >= 11 is 0. The highest BCUT2D eigenvalue weighted by atomic mass is 14.3. The van der Waals surface area contributed by atoms with Crippen molar-refractivity contribution in [1.29, 1.82) is 0 Å². The molecule has 0 aliphatic heterocycles. The molecule has 4 aromatic rings. The third-order valence-electron chi connectivity index (χ3n) is 6.30. The average molecular weight is 399 g/mol. The van der Waals surface area contributed by atoms with Gasteiger partial charge in [-0.25, -0.2) is 0 Å². The van der Waals surface area contributed by atoms with E-state index >= 15 is 0 Å². The van der Waals surface area contributed by atoms with E-state index in [1.807, 2.05) is 12.2 Å². The molecule has 5 rings (SSSR count). The third-order valence-corrected chi connectivity index (χ3v) is 6.30. The summed E-state index contributed by atoms with van der Waals surface area (Å²) in [6.45, 7) is 8.20. The van der Waals surface area contributed by atoms with Crippen LogP contribution in [0, 0.1) is 0 Å². The zero-order chi connectivity index (χ0) is 21.2. The van der Waals surface area contributed by atoms with Crippen LogP contribution in [-0.4, -0.2) is 0 Å². The van der Waals surface area contributed by atoms with E-state index in [1.165, 1.54) is 55.6 Å². The Hall–Kier alpha value is -3.64. The van der Waals surface area contributed by atoms with Crippen LogP contribution < -0.4 is 0 Å². The van der Waals surface area contributed by atoms with Gasteiger partial charge in [-0.2, -0.15) is 0 Å². The maximum Gasteiger partial charge on any atom is -0.000695 e. The van der Waals surface area contributed by atoms with Crippen molar-refractivity contribution in [3.8, 4) is 33.4 Å².